The number of nitrogens with zero attached hydrogens (tertiary/aromatic N) is 2. The van der Waals surface area contributed by atoms with Gasteiger partial charge in [-0.1, -0.05) is 20.8 Å². The third kappa shape index (κ3) is 1.42. The van der Waals surface area contributed by atoms with E-state index in [0.717, 1.165) is 11.4 Å². The monoisotopic (exact) mass is 206 g/mol. The van der Waals surface area contributed by atoms with Crippen molar-refractivity contribution >= 4 is 21.4 Å². The zero-order valence-corrected chi connectivity index (χ0v) is 9.77. The van der Waals surface area contributed by atoms with E-state index in [0.29, 0.717) is 0 Å². The van der Waals surface area contributed by atoms with Crippen molar-refractivity contribution in [3.8, 4) is 0 Å². The molecule has 0 unspecified atom stereocenters. The van der Waals surface area contributed by atoms with Crippen molar-refractivity contribution < 1.29 is 0 Å². The van der Waals surface area contributed by atoms with Crippen molar-refractivity contribution in [2.75, 3.05) is 0 Å². The highest BCUT2D eigenvalue weighted by Gasteiger charge is 2.20. The standard InChI is InChI=1S/C11H14N2S/c1-7-8-5-6-14-9(8)10(13-12-7)11(2,3)4/h5-6H,1-4H3. The summed E-state index contributed by atoms with van der Waals surface area (Å²) < 4.78 is 1.28. The Bertz CT molecular complexity index is 466. The first-order valence-corrected chi connectivity index (χ1v) is 5.59. The van der Waals surface area contributed by atoms with Gasteiger partial charge in [-0.15, -0.1) is 11.3 Å². The first-order valence-electron chi connectivity index (χ1n) is 4.71. The van der Waals surface area contributed by atoms with E-state index < -0.39 is 0 Å². The Balaban J connectivity index is 2.80. The molecule has 2 rings (SSSR count). The Morgan fingerprint density at radius 1 is 1.21 bits per heavy atom. The molecule has 0 bridgehead atoms. The zero-order chi connectivity index (χ0) is 10.3. The number of hydrogen-bond donors (Lipinski definition) is 0. The normalized spacial score (nSPS) is 12.3. The summed E-state index contributed by atoms with van der Waals surface area (Å²) in [6.45, 7) is 8.52. The Labute approximate surface area is 88.0 Å². The molecule has 0 amide bonds. The highest BCUT2D eigenvalue weighted by atomic mass is 32.1. The Kier molecular flexibility index (Phi) is 2.07. The van der Waals surface area contributed by atoms with Crippen LogP contribution in [-0.2, 0) is 5.41 Å². The van der Waals surface area contributed by atoms with Crippen LogP contribution in [0.1, 0.15) is 32.2 Å². The maximum atomic E-state index is 4.31. The fraction of sp³-hybridized carbons (Fsp3) is 0.455. The van der Waals surface area contributed by atoms with Crippen LogP contribution in [0.4, 0.5) is 0 Å². The maximum Gasteiger partial charge on any atom is 0.0862 e. The van der Waals surface area contributed by atoms with Crippen molar-refractivity contribution in [1.29, 1.82) is 0 Å². The van der Waals surface area contributed by atoms with Crippen LogP contribution in [0.2, 0.25) is 0 Å². The van der Waals surface area contributed by atoms with E-state index in [1.807, 2.05) is 6.92 Å². The summed E-state index contributed by atoms with van der Waals surface area (Å²) in [6, 6.07) is 2.12. The molecule has 0 saturated carbocycles. The van der Waals surface area contributed by atoms with Crippen molar-refractivity contribution in [3.05, 3.63) is 22.8 Å². The van der Waals surface area contributed by atoms with E-state index in [9.17, 15) is 0 Å². The van der Waals surface area contributed by atoms with Gasteiger partial charge in [-0.3, -0.25) is 0 Å². The minimum atomic E-state index is 0.0732. The lowest BCUT2D eigenvalue weighted by Gasteiger charge is -2.17. The first kappa shape index (κ1) is 9.59. The van der Waals surface area contributed by atoms with Gasteiger partial charge in [0.1, 0.15) is 0 Å². The average Bonchev–Trinajstić information content (AvgIpc) is 2.50. The van der Waals surface area contributed by atoms with Crippen LogP contribution in [0.15, 0.2) is 11.4 Å². The van der Waals surface area contributed by atoms with E-state index in [-0.39, 0.29) is 5.41 Å². The van der Waals surface area contributed by atoms with Crippen molar-refractivity contribution in [2.45, 2.75) is 33.1 Å². The topological polar surface area (TPSA) is 25.8 Å². The molecule has 0 atom stereocenters. The molecular weight excluding hydrogens is 192 g/mol. The summed E-state index contributed by atoms with van der Waals surface area (Å²) in [6.07, 6.45) is 0. The molecule has 0 aliphatic heterocycles. The summed E-state index contributed by atoms with van der Waals surface area (Å²) in [5, 5.41) is 11.9. The van der Waals surface area contributed by atoms with Gasteiger partial charge in [-0.2, -0.15) is 10.2 Å². The van der Waals surface area contributed by atoms with E-state index in [4.69, 9.17) is 0 Å². The largest absolute Gasteiger partial charge is 0.155 e. The molecule has 14 heavy (non-hydrogen) atoms. The second-order valence-corrected chi connectivity index (χ2v) is 5.46. The van der Waals surface area contributed by atoms with Gasteiger partial charge in [0.15, 0.2) is 0 Å². The predicted octanol–water partition coefficient (Wildman–Crippen LogP) is 3.30. The van der Waals surface area contributed by atoms with Crippen molar-refractivity contribution in [2.24, 2.45) is 0 Å². The van der Waals surface area contributed by atoms with Crippen LogP contribution in [0, 0.1) is 6.92 Å². The van der Waals surface area contributed by atoms with Gasteiger partial charge in [0.2, 0.25) is 0 Å². The molecule has 2 heterocycles. The van der Waals surface area contributed by atoms with Gasteiger partial charge < -0.3 is 0 Å². The van der Waals surface area contributed by atoms with Gasteiger partial charge in [0.05, 0.1) is 16.1 Å². The minimum absolute atomic E-state index is 0.0732. The molecule has 0 aliphatic rings. The van der Waals surface area contributed by atoms with Crippen LogP contribution in [0.25, 0.3) is 10.1 Å². The van der Waals surface area contributed by atoms with E-state index in [1.54, 1.807) is 11.3 Å². The van der Waals surface area contributed by atoms with Crippen LogP contribution < -0.4 is 0 Å². The molecule has 2 nitrogen and oxygen atoms in total. The summed E-state index contributed by atoms with van der Waals surface area (Å²) in [5.41, 5.74) is 2.20. The molecular formula is C11H14N2S. The number of rotatable bonds is 0. The second-order valence-electron chi connectivity index (χ2n) is 4.55. The maximum absolute atomic E-state index is 4.31. The van der Waals surface area contributed by atoms with Gasteiger partial charge in [-0.05, 0) is 18.4 Å². The summed E-state index contributed by atoms with van der Waals surface area (Å²) in [5.74, 6) is 0. The fourth-order valence-electron chi connectivity index (χ4n) is 1.49. The van der Waals surface area contributed by atoms with E-state index in [1.165, 1.54) is 10.1 Å². The number of hydrogen-bond acceptors (Lipinski definition) is 3. The molecule has 0 radical (unpaired) electrons. The minimum Gasteiger partial charge on any atom is -0.155 e. The summed E-state index contributed by atoms with van der Waals surface area (Å²) in [7, 11) is 0. The molecule has 2 aromatic heterocycles. The van der Waals surface area contributed by atoms with Gasteiger partial charge in [-0.25, -0.2) is 0 Å². The summed E-state index contributed by atoms with van der Waals surface area (Å²) >= 11 is 1.75. The molecule has 0 aliphatic carbocycles. The molecule has 0 spiro atoms. The third-order valence-electron chi connectivity index (χ3n) is 2.28. The fourth-order valence-corrected chi connectivity index (χ4v) is 2.63. The zero-order valence-electron chi connectivity index (χ0n) is 8.96. The highest BCUT2D eigenvalue weighted by molar-refractivity contribution is 7.17. The average molecular weight is 206 g/mol. The molecule has 74 valence electrons. The van der Waals surface area contributed by atoms with Gasteiger partial charge in [0, 0.05) is 10.8 Å². The molecule has 0 saturated heterocycles. The third-order valence-corrected chi connectivity index (χ3v) is 3.20. The lowest BCUT2D eigenvalue weighted by molar-refractivity contribution is 0.566. The quantitative estimate of drug-likeness (QED) is 0.661. The highest BCUT2D eigenvalue weighted by Crippen LogP contribution is 2.32. The van der Waals surface area contributed by atoms with Gasteiger partial charge in [0.25, 0.3) is 0 Å². The van der Waals surface area contributed by atoms with Gasteiger partial charge >= 0.3 is 0 Å². The molecule has 2 aromatic rings. The predicted molar refractivity (Wildman–Crippen MR) is 60.9 cm³/mol. The van der Waals surface area contributed by atoms with Crippen LogP contribution in [0.3, 0.4) is 0 Å². The van der Waals surface area contributed by atoms with Crippen LogP contribution in [-0.4, -0.2) is 10.2 Å². The molecule has 0 fully saturated rings. The molecule has 0 N–H and O–H groups in total. The van der Waals surface area contributed by atoms with Crippen molar-refractivity contribution in [3.63, 3.8) is 0 Å². The van der Waals surface area contributed by atoms with Crippen molar-refractivity contribution in [1.82, 2.24) is 10.2 Å². The Hall–Kier alpha value is -0.960. The van der Waals surface area contributed by atoms with Crippen LogP contribution in [0.5, 0.6) is 0 Å². The number of aryl methyl sites for hydroxylation is 1. The smallest absolute Gasteiger partial charge is 0.0862 e. The SMILES string of the molecule is Cc1nnc(C(C)(C)C)c2sccc12. The lowest BCUT2D eigenvalue weighted by Crippen LogP contribution is -2.14. The number of fused-ring (bicyclic) bond motifs is 1. The summed E-state index contributed by atoms with van der Waals surface area (Å²) in [4.78, 5) is 0. The second kappa shape index (κ2) is 3.02. The number of thiophene rings is 1. The Morgan fingerprint density at radius 2 is 1.93 bits per heavy atom. The Morgan fingerprint density at radius 3 is 2.57 bits per heavy atom. The first-order chi connectivity index (χ1) is 6.50. The molecule has 3 heteroatoms. The molecule has 0 aromatic carbocycles. The number of aromatic nitrogens is 2. The van der Waals surface area contributed by atoms with Crippen LogP contribution >= 0.6 is 11.3 Å². The van der Waals surface area contributed by atoms with E-state index >= 15 is 0 Å². The van der Waals surface area contributed by atoms with E-state index in [2.05, 4.69) is 42.4 Å². The lowest BCUT2D eigenvalue weighted by atomic mass is 9.91.